The Bertz CT molecular complexity index is 383. The summed E-state index contributed by atoms with van der Waals surface area (Å²) in [4.78, 5) is 14.4. The van der Waals surface area contributed by atoms with Crippen LogP contribution in [-0.2, 0) is 0 Å². The van der Waals surface area contributed by atoms with E-state index in [0.717, 1.165) is 24.9 Å². The zero-order chi connectivity index (χ0) is 11.4. The molecule has 0 spiro atoms. The Labute approximate surface area is 96.6 Å². The molecule has 1 aromatic rings. The number of ketones is 1. The van der Waals surface area contributed by atoms with Crippen molar-refractivity contribution >= 4 is 5.78 Å². The molecule has 16 heavy (non-hydrogen) atoms. The van der Waals surface area contributed by atoms with Crippen molar-refractivity contribution in [1.82, 2.24) is 4.90 Å². The van der Waals surface area contributed by atoms with E-state index in [4.69, 9.17) is 0 Å². The Kier molecular flexibility index (Phi) is 3.40. The van der Waals surface area contributed by atoms with Gasteiger partial charge in [0.2, 0.25) is 0 Å². The van der Waals surface area contributed by atoms with Crippen molar-refractivity contribution in [3.05, 3.63) is 48.2 Å². The van der Waals surface area contributed by atoms with Gasteiger partial charge in [-0.25, -0.2) is 0 Å². The van der Waals surface area contributed by atoms with Crippen molar-refractivity contribution in [2.45, 2.75) is 25.8 Å². The highest BCUT2D eigenvalue weighted by Gasteiger charge is 2.28. The van der Waals surface area contributed by atoms with Gasteiger partial charge >= 0.3 is 0 Å². The molecule has 0 aromatic heterocycles. The van der Waals surface area contributed by atoms with Crippen molar-refractivity contribution < 1.29 is 4.79 Å². The monoisotopic (exact) mass is 215 g/mol. The third-order valence-corrected chi connectivity index (χ3v) is 3.00. The number of carbonyl (C=O) groups excluding carboxylic acids is 1. The average molecular weight is 215 g/mol. The molecule has 0 aliphatic carbocycles. The number of hydrogen-bond acceptors (Lipinski definition) is 2. The average Bonchev–Trinajstić information content (AvgIpc) is 2.78. The van der Waals surface area contributed by atoms with Crippen LogP contribution in [0.2, 0.25) is 0 Å². The Morgan fingerprint density at radius 1 is 1.38 bits per heavy atom. The first-order valence-electron chi connectivity index (χ1n) is 5.81. The van der Waals surface area contributed by atoms with Crippen LogP contribution in [0.1, 0.15) is 30.1 Å². The van der Waals surface area contributed by atoms with Gasteiger partial charge in [-0.1, -0.05) is 36.4 Å². The van der Waals surface area contributed by atoms with Gasteiger partial charge in [0.25, 0.3) is 0 Å². The first kappa shape index (κ1) is 10.9. The van der Waals surface area contributed by atoms with Crippen LogP contribution < -0.4 is 0 Å². The van der Waals surface area contributed by atoms with Gasteiger partial charge in [0.15, 0.2) is 5.78 Å². The number of benzene rings is 1. The van der Waals surface area contributed by atoms with Gasteiger partial charge in [0, 0.05) is 12.1 Å². The zero-order valence-electron chi connectivity index (χ0n) is 9.60. The maximum Gasteiger partial charge on any atom is 0.185 e. The number of likely N-dealkylation sites (tertiary alicyclic amines) is 1. The molecule has 2 nitrogen and oxygen atoms in total. The fourth-order valence-electron chi connectivity index (χ4n) is 2.24. The van der Waals surface area contributed by atoms with E-state index < -0.39 is 0 Å². The Balaban J connectivity index is 2.16. The molecule has 1 fully saturated rings. The van der Waals surface area contributed by atoms with E-state index in [1.54, 1.807) is 0 Å². The lowest BCUT2D eigenvalue weighted by atomic mass is 10.0. The van der Waals surface area contributed by atoms with E-state index in [0.29, 0.717) is 0 Å². The van der Waals surface area contributed by atoms with Crippen LogP contribution in [0, 0.1) is 0 Å². The highest BCUT2D eigenvalue weighted by molar-refractivity contribution is 6.00. The van der Waals surface area contributed by atoms with Gasteiger partial charge in [0.1, 0.15) is 0 Å². The second-order valence-electron chi connectivity index (χ2n) is 4.11. The molecule has 2 rings (SSSR count). The highest BCUT2D eigenvalue weighted by atomic mass is 16.1. The van der Waals surface area contributed by atoms with E-state index in [1.165, 1.54) is 0 Å². The molecule has 1 aliphatic rings. The van der Waals surface area contributed by atoms with Gasteiger partial charge in [-0.3, -0.25) is 4.79 Å². The fourth-order valence-corrected chi connectivity index (χ4v) is 2.24. The second-order valence-corrected chi connectivity index (χ2v) is 4.11. The van der Waals surface area contributed by atoms with Crippen LogP contribution in [0.25, 0.3) is 0 Å². The van der Waals surface area contributed by atoms with Crippen molar-refractivity contribution in [3.8, 4) is 0 Å². The smallest absolute Gasteiger partial charge is 0.185 e. The van der Waals surface area contributed by atoms with Crippen molar-refractivity contribution in [2.75, 3.05) is 6.54 Å². The molecule has 1 heterocycles. The lowest BCUT2D eigenvalue weighted by Crippen LogP contribution is -2.32. The minimum Gasteiger partial charge on any atom is -0.367 e. The van der Waals surface area contributed by atoms with Crippen LogP contribution in [-0.4, -0.2) is 23.3 Å². The highest BCUT2D eigenvalue weighted by Crippen LogP contribution is 2.21. The van der Waals surface area contributed by atoms with Gasteiger partial charge < -0.3 is 4.90 Å². The summed E-state index contributed by atoms with van der Waals surface area (Å²) in [5.41, 5.74) is 0.823. The molecule has 2 heteroatoms. The lowest BCUT2D eigenvalue weighted by molar-refractivity contribution is 0.0903. The summed E-state index contributed by atoms with van der Waals surface area (Å²) in [6.45, 7) is 2.98. The van der Waals surface area contributed by atoms with Crippen LogP contribution in [0.3, 0.4) is 0 Å². The van der Waals surface area contributed by atoms with E-state index in [2.05, 4.69) is 4.90 Å². The molecule has 1 aliphatic heterocycles. The molecule has 1 saturated heterocycles. The SMILES string of the molecule is C/C=C\N1CCCC1C(=O)c1ccccc1. The number of nitrogens with zero attached hydrogens (tertiary/aromatic N) is 1. The van der Waals surface area contributed by atoms with Gasteiger partial charge in [-0.05, 0) is 26.0 Å². The summed E-state index contributed by atoms with van der Waals surface area (Å²) in [6, 6.07) is 9.61. The number of hydrogen-bond donors (Lipinski definition) is 0. The van der Waals surface area contributed by atoms with Crippen molar-refractivity contribution in [3.63, 3.8) is 0 Å². The molecule has 1 unspecified atom stereocenters. The minimum atomic E-state index is 0.0404. The Morgan fingerprint density at radius 3 is 2.81 bits per heavy atom. The van der Waals surface area contributed by atoms with Crippen LogP contribution in [0.4, 0.5) is 0 Å². The minimum absolute atomic E-state index is 0.0404. The number of carbonyl (C=O) groups is 1. The molecule has 0 N–H and O–H groups in total. The molecular weight excluding hydrogens is 198 g/mol. The van der Waals surface area contributed by atoms with E-state index in [9.17, 15) is 4.79 Å². The summed E-state index contributed by atoms with van der Waals surface area (Å²) < 4.78 is 0. The van der Waals surface area contributed by atoms with Crippen LogP contribution in [0.5, 0.6) is 0 Å². The maximum absolute atomic E-state index is 12.3. The van der Waals surface area contributed by atoms with Crippen LogP contribution >= 0.6 is 0 Å². The van der Waals surface area contributed by atoms with Gasteiger partial charge in [-0.15, -0.1) is 0 Å². The molecule has 0 saturated carbocycles. The molecule has 0 bridgehead atoms. The lowest BCUT2D eigenvalue weighted by Gasteiger charge is -2.21. The Hall–Kier alpha value is -1.57. The van der Waals surface area contributed by atoms with Gasteiger partial charge in [0.05, 0.1) is 6.04 Å². The predicted molar refractivity (Wildman–Crippen MR) is 65.3 cm³/mol. The quantitative estimate of drug-likeness (QED) is 0.723. The van der Waals surface area contributed by atoms with Crippen molar-refractivity contribution in [1.29, 1.82) is 0 Å². The van der Waals surface area contributed by atoms with E-state index >= 15 is 0 Å². The van der Waals surface area contributed by atoms with Crippen molar-refractivity contribution in [2.24, 2.45) is 0 Å². The molecule has 1 atom stereocenters. The molecule has 0 radical (unpaired) electrons. The standard InChI is InChI=1S/C14H17NO/c1-2-10-15-11-6-9-13(15)14(16)12-7-4-3-5-8-12/h2-5,7-8,10,13H,6,9,11H2,1H3/b10-2-. The largest absolute Gasteiger partial charge is 0.367 e. The molecular formula is C14H17NO. The summed E-state index contributed by atoms with van der Waals surface area (Å²) in [5, 5.41) is 0. The normalized spacial score (nSPS) is 20.6. The maximum atomic E-state index is 12.3. The molecule has 84 valence electrons. The number of allylic oxidation sites excluding steroid dienone is 1. The first-order valence-corrected chi connectivity index (χ1v) is 5.81. The molecule has 1 aromatic carbocycles. The summed E-state index contributed by atoms with van der Waals surface area (Å²) >= 11 is 0. The predicted octanol–water partition coefficient (Wildman–Crippen LogP) is 2.87. The topological polar surface area (TPSA) is 20.3 Å². The first-order chi connectivity index (χ1) is 7.83. The van der Waals surface area contributed by atoms with Gasteiger partial charge in [-0.2, -0.15) is 0 Å². The fraction of sp³-hybridized carbons (Fsp3) is 0.357. The summed E-state index contributed by atoms with van der Waals surface area (Å²) in [5.74, 6) is 0.246. The number of Topliss-reactive ketones (excluding diaryl/α,β-unsaturated/α-hetero) is 1. The number of rotatable bonds is 3. The zero-order valence-corrected chi connectivity index (χ0v) is 9.60. The summed E-state index contributed by atoms with van der Waals surface area (Å²) in [7, 11) is 0. The third kappa shape index (κ3) is 2.16. The van der Waals surface area contributed by atoms with E-state index in [-0.39, 0.29) is 11.8 Å². The third-order valence-electron chi connectivity index (χ3n) is 3.00. The second kappa shape index (κ2) is 4.97. The van der Waals surface area contributed by atoms with E-state index in [1.807, 2.05) is 49.5 Å². The Morgan fingerprint density at radius 2 is 2.12 bits per heavy atom. The van der Waals surface area contributed by atoms with Crippen LogP contribution in [0.15, 0.2) is 42.6 Å². The summed E-state index contributed by atoms with van der Waals surface area (Å²) in [6.07, 6.45) is 6.10. The molecule has 0 amide bonds.